The van der Waals surface area contributed by atoms with Gasteiger partial charge in [0.2, 0.25) is 10.0 Å². The number of hydrogen-bond acceptors (Lipinski definition) is 2. The van der Waals surface area contributed by atoms with E-state index in [-0.39, 0.29) is 5.75 Å². The molecule has 16 heavy (non-hydrogen) atoms. The average molecular weight is 241 g/mol. The SMILES string of the molecule is CCCS(=O)(=O)N(C)c1ccc(C)cc1C. The Bertz CT molecular complexity index is 466. The van der Waals surface area contributed by atoms with E-state index in [0.29, 0.717) is 6.42 Å². The minimum atomic E-state index is -3.17. The van der Waals surface area contributed by atoms with Gasteiger partial charge in [-0.15, -0.1) is 0 Å². The molecule has 0 saturated heterocycles. The highest BCUT2D eigenvalue weighted by molar-refractivity contribution is 7.92. The summed E-state index contributed by atoms with van der Waals surface area (Å²) in [5, 5.41) is 0. The summed E-state index contributed by atoms with van der Waals surface area (Å²) in [6.45, 7) is 5.80. The maximum Gasteiger partial charge on any atom is 0.234 e. The summed E-state index contributed by atoms with van der Waals surface area (Å²) >= 11 is 0. The van der Waals surface area contributed by atoms with Crippen molar-refractivity contribution in [3.05, 3.63) is 29.3 Å². The van der Waals surface area contributed by atoms with Gasteiger partial charge in [0, 0.05) is 7.05 Å². The monoisotopic (exact) mass is 241 g/mol. The molecule has 0 aliphatic rings. The first-order valence-corrected chi connectivity index (χ1v) is 7.03. The fourth-order valence-corrected chi connectivity index (χ4v) is 3.00. The van der Waals surface area contributed by atoms with Crippen LogP contribution in [0.1, 0.15) is 24.5 Å². The van der Waals surface area contributed by atoms with E-state index in [1.807, 2.05) is 39.0 Å². The number of aryl methyl sites for hydroxylation is 2. The molecule has 0 saturated carbocycles. The predicted molar refractivity (Wildman–Crippen MR) is 68.4 cm³/mol. The number of sulfonamides is 1. The summed E-state index contributed by atoms with van der Waals surface area (Å²) in [7, 11) is -1.55. The van der Waals surface area contributed by atoms with Gasteiger partial charge in [0.05, 0.1) is 11.4 Å². The third kappa shape index (κ3) is 2.76. The average Bonchev–Trinajstić information content (AvgIpc) is 2.16. The minimum Gasteiger partial charge on any atom is -0.273 e. The molecule has 0 unspecified atom stereocenters. The zero-order valence-corrected chi connectivity index (χ0v) is 11.1. The molecule has 1 aromatic rings. The first-order chi connectivity index (χ1) is 7.38. The topological polar surface area (TPSA) is 37.4 Å². The van der Waals surface area contributed by atoms with Gasteiger partial charge in [-0.25, -0.2) is 8.42 Å². The molecule has 0 N–H and O–H groups in total. The maximum absolute atomic E-state index is 11.9. The lowest BCUT2D eigenvalue weighted by Gasteiger charge is -2.21. The van der Waals surface area contributed by atoms with Crippen LogP contribution in [0.3, 0.4) is 0 Å². The standard InChI is InChI=1S/C12H19NO2S/c1-5-8-16(14,15)13(4)12-7-6-10(2)9-11(12)3/h6-7,9H,5,8H2,1-4H3. The normalized spacial score (nSPS) is 11.5. The van der Waals surface area contributed by atoms with Crippen LogP contribution in [0.4, 0.5) is 5.69 Å². The lowest BCUT2D eigenvalue weighted by atomic mass is 10.1. The zero-order valence-electron chi connectivity index (χ0n) is 10.3. The van der Waals surface area contributed by atoms with Crippen molar-refractivity contribution in [1.82, 2.24) is 0 Å². The number of anilines is 1. The van der Waals surface area contributed by atoms with E-state index in [2.05, 4.69) is 0 Å². The summed E-state index contributed by atoms with van der Waals surface area (Å²) in [6.07, 6.45) is 0.636. The third-order valence-electron chi connectivity index (χ3n) is 2.57. The van der Waals surface area contributed by atoms with Crippen LogP contribution in [0.2, 0.25) is 0 Å². The lowest BCUT2D eigenvalue weighted by molar-refractivity contribution is 0.593. The number of benzene rings is 1. The molecular formula is C12H19NO2S. The van der Waals surface area contributed by atoms with Gasteiger partial charge in [-0.05, 0) is 31.9 Å². The van der Waals surface area contributed by atoms with Crippen LogP contribution in [-0.2, 0) is 10.0 Å². The van der Waals surface area contributed by atoms with Crippen LogP contribution in [0.25, 0.3) is 0 Å². The molecule has 0 fully saturated rings. The highest BCUT2D eigenvalue weighted by atomic mass is 32.2. The van der Waals surface area contributed by atoms with Crippen molar-refractivity contribution < 1.29 is 8.42 Å². The Balaban J connectivity index is 3.10. The molecule has 0 atom stereocenters. The molecule has 1 aromatic carbocycles. The second-order valence-corrected chi connectivity index (χ2v) is 6.19. The van der Waals surface area contributed by atoms with Gasteiger partial charge in [0.25, 0.3) is 0 Å². The van der Waals surface area contributed by atoms with Crippen molar-refractivity contribution in [2.75, 3.05) is 17.1 Å². The van der Waals surface area contributed by atoms with Crippen LogP contribution in [0.15, 0.2) is 18.2 Å². The molecule has 0 radical (unpaired) electrons. The second kappa shape index (κ2) is 4.87. The van der Waals surface area contributed by atoms with Crippen LogP contribution < -0.4 is 4.31 Å². The van der Waals surface area contributed by atoms with E-state index in [4.69, 9.17) is 0 Å². The second-order valence-electron chi connectivity index (χ2n) is 4.07. The molecule has 0 aromatic heterocycles. The van der Waals surface area contributed by atoms with Crippen molar-refractivity contribution in [3.8, 4) is 0 Å². The van der Waals surface area contributed by atoms with E-state index in [1.165, 1.54) is 4.31 Å². The molecule has 0 aliphatic carbocycles. The molecule has 3 nitrogen and oxygen atoms in total. The van der Waals surface area contributed by atoms with Crippen molar-refractivity contribution in [1.29, 1.82) is 0 Å². The highest BCUT2D eigenvalue weighted by Crippen LogP contribution is 2.22. The fourth-order valence-electron chi connectivity index (χ4n) is 1.70. The van der Waals surface area contributed by atoms with E-state index in [9.17, 15) is 8.42 Å². The molecule has 90 valence electrons. The van der Waals surface area contributed by atoms with Crippen LogP contribution >= 0.6 is 0 Å². The predicted octanol–water partition coefficient (Wildman–Crippen LogP) is 2.48. The van der Waals surface area contributed by atoms with Crippen LogP contribution in [0.5, 0.6) is 0 Å². The van der Waals surface area contributed by atoms with Gasteiger partial charge in [-0.1, -0.05) is 24.6 Å². The summed E-state index contributed by atoms with van der Waals surface area (Å²) in [5.41, 5.74) is 2.89. The molecule has 4 heteroatoms. The quantitative estimate of drug-likeness (QED) is 0.812. The van der Waals surface area contributed by atoms with Gasteiger partial charge in [0.1, 0.15) is 0 Å². The summed E-state index contributed by atoms with van der Waals surface area (Å²) in [5.74, 6) is 0.191. The Hall–Kier alpha value is -1.03. The van der Waals surface area contributed by atoms with Gasteiger partial charge >= 0.3 is 0 Å². The maximum atomic E-state index is 11.9. The number of hydrogen-bond donors (Lipinski definition) is 0. The van der Waals surface area contributed by atoms with Crippen molar-refractivity contribution in [2.45, 2.75) is 27.2 Å². The van der Waals surface area contributed by atoms with E-state index >= 15 is 0 Å². The first-order valence-electron chi connectivity index (χ1n) is 5.42. The molecule has 1 rings (SSSR count). The van der Waals surface area contributed by atoms with Crippen molar-refractivity contribution in [2.24, 2.45) is 0 Å². The van der Waals surface area contributed by atoms with Crippen molar-refractivity contribution in [3.63, 3.8) is 0 Å². The number of rotatable bonds is 4. The highest BCUT2D eigenvalue weighted by Gasteiger charge is 2.18. The largest absolute Gasteiger partial charge is 0.273 e. The van der Waals surface area contributed by atoms with Crippen molar-refractivity contribution >= 4 is 15.7 Å². The zero-order chi connectivity index (χ0) is 12.3. The third-order valence-corrected chi connectivity index (χ3v) is 4.53. The minimum absolute atomic E-state index is 0.191. The van der Waals surface area contributed by atoms with E-state index < -0.39 is 10.0 Å². The molecule has 0 aliphatic heterocycles. The summed E-state index contributed by atoms with van der Waals surface area (Å²) in [6, 6.07) is 5.78. The Morgan fingerprint density at radius 1 is 1.25 bits per heavy atom. The smallest absolute Gasteiger partial charge is 0.234 e. The molecule has 0 bridgehead atoms. The number of nitrogens with zero attached hydrogens (tertiary/aromatic N) is 1. The van der Waals surface area contributed by atoms with Gasteiger partial charge in [-0.2, -0.15) is 0 Å². The Morgan fingerprint density at radius 2 is 1.88 bits per heavy atom. The van der Waals surface area contributed by atoms with Crippen LogP contribution in [0, 0.1) is 13.8 Å². The Kier molecular flexibility index (Phi) is 3.97. The Morgan fingerprint density at radius 3 is 2.38 bits per heavy atom. The fraction of sp³-hybridized carbons (Fsp3) is 0.500. The van der Waals surface area contributed by atoms with Gasteiger partial charge in [0.15, 0.2) is 0 Å². The summed E-state index contributed by atoms with van der Waals surface area (Å²) in [4.78, 5) is 0. The molecular weight excluding hydrogens is 222 g/mol. The molecule has 0 heterocycles. The van der Waals surface area contributed by atoms with E-state index in [1.54, 1.807) is 7.05 Å². The van der Waals surface area contributed by atoms with Gasteiger partial charge in [-0.3, -0.25) is 4.31 Å². The van der Waals surface area contributed by atoms with Crippen LogP contribution in [-0.4, -0.2) is 21.2 Å². The first kappa shape index (κ1) is 13.0. The molecule has 0 amide bonds. The molecule has 0 spiro atoms. The lowest BCUT2D eigenvalue weighted by Crippen LogP contribution is -2.29. The Labute approximate surface area is 98.1 Å². The van der Waals surface area contributed by atoms with E-state index in [0.717, 1.165) is 16.8 Å². The summed E-state index contributed by atoms with van der Waals surface area (Å²) < 4.78 is 25.2. The van der Waals surface area contributed by atoms with Gasteiger partial charge < -0.3 is 0 Å².